The van der Waals surface area contributed by atoms with E-state index in [1.807, 2.05) is 0 Å². The van der Waals surface area contributed by atoms with Crippen LogP contribution in [-0.4, -0.2) is 26.7 Å². The van der Waals surface area contributed by atoms with Crippen LogP contribution in [0.1, 0.15) is 22.8 Å². The molecule has 0 unspecified atom stereocenters. The Balaban J connectivity index is 1.89. The van der Waals surface area contributed by atoms with Crippen molar-refractivity contribution in [3.63, 3.8) is 0 Å². The van der Waals surface area contributed by atoms with Crippen molar-refractivity contribution >= 4 is 28.5 Å². The highest BCUT2D eigenvalue weighted by Gasteiger charge is 2.16. The van der Waals surface area contributed by atoms with E-state index >= 15 is 0 Å². The Kier molecular flexibility index (Phi) is 4.75. The van der Waals surface area contributed by atoms with Crippen LogP contribution in [0.4, 0.5) is 5.69 Å². The lowest BCUT2D eigenvalue weighted by molar-refractivity contribution is 0.101. The molecule has 2 aromatic heterocycles. The summed E-state index contributed by atoms with van der Waals surface area (Å²) in [6, 6.07) is 19.0. The number of Topliss-reactive ketones (excluding diaryl/α,β-unsaturated/α-hetero) is 1. The SMILES string of the molecule is CC(=O)c1ccc(N=Cc2c(O)n(-c3ccccn3)c(=O)c3ccccc23)cc1. The first-order valence-corrected chi connectivity index (χ1v) is 8.99. The molecule has 0 fully saturated rings. The summed E-state index contributed by atoms with van der Waals surface area (Å²) >= 11 is 0. The van der Waals surface area contributed by atoms with Gasteiger partial charge in [0.15, 0.2) is 5.78 Å². The highest BCUT2D eigenvalue weighted by atomic mass is 16.3. The minimum Gasteiger partial charge on any atom is -0.494 e. The number of carbonyl (C=O) groups is 1. The number of pyridine rings is 2. The summed E-state index contributed by atoms with van der Waals surface area (Å²) in [5.41, 5.74) is 1.26. The van der Waals surface area contributed by atoms with Crippen molar-refractivity contribution in [2.75, 3.05) is 0 Å². The third kappa shape index (κ3) is 3.43. The molecule has 6 nitrogen and oxygen atoms in total. The van der Waals surface area contributed by atoms with E-state index in [0.717, 1.165) is 0 Å². The largest absolute Gasteiger partial charge is 0.494 e. The number of aliphatic imine (C=N–C) groups is 1. The normalized spacial score (nSPS) is 11.2. The highest BCUT2D eigenvalue weighted by molar-refractivity contribution is 6.02. The number of nitrogens with zero attached hydrogens (tertiary/aromatic N) is 3. The van der Waals surface area contributed by atoms with Crippen LogP contribution in [0.25, 0.3) is 16.6 Å². The number of aromatic hydroxyl groups is 1. The van der Waals surface area contributed by atoms with E-state index < -0.39 is 0 Å². The fraction of sp³-hybridized carbons (Fsp3) is 0.0435. The first-order valence-electron chi connectivity index (χ1n) is 8.99. The van der Waals surface area contributed by atoms with Gasteiger partial charge in [0.05, 0.1) is 11.3 Å². The molecule has 0 aliphatic carbocycles. The Morgan fingerprint density at radius 1 is 1.00 bits per heavy atom. The highest BCUT2D eigenvalue weighted by Crippen LogP contribution is 2.26. The second kappa shape index (κ2) is 7.52. The first-order chi connectivity index (χ1) is 14.1. The Labute approximate surface area is 166 Å². The van der Waals surface area contributed by atoms with Crippen molar-refractivity contribution < 1.29 is 9.90 Å². The number of rotatable bonds is 4. The van der Waals surface area contributed by atoms with Crippen molar-refractivity contribution in [3.8, 4) is 11.7 Å². The van der Waals surface area contributed by atoms with Gasteiger partial charge in [-0.15, -0.1) is 0 Å². The lowest BCUT2D eigenvalue weighted by atomic mass is 10.1. The maximum atomic E-state index is 13.0. The molecule has 29 heavy (non-hydrogen) atoms. The second-order valence-corrected chi connectivity index (χ2v) is 6.47. The molecular formula is C23H17N3O3. The van der Waals surface area contributed by atoms with Gasteiger partial charge in [0.2, 0.25) is 5.88 Å². The van der Waals surface area contributed by atoms with E-state index in [0.29, 0.717) is 33.4 Å². The molecule has 2 heterocycles. The number of hydrogen-bond acceptors (Lipinski definition) is 5. The summed E-state index contributed by atoms with van der Waals surface area (Å²) in [4.78, 5) is 33.0. The van der Waals surface area contributed by atoms with E-state index in [4.69, 9.17) is 0 Å². The molecule has 0 saturated heterocycles. The number of aromatic nitrogens is 2. The molecule has 0 amide bonds. The van der Waals surface area contributed by atoms with Crippen molar-refractivity contribution in [2.45, 2.75) is 6.92 Å². The van der Waals surface area contributed by atoms with Gasteiger partial charge < -0.3 is 5.11 Å². The number of hydrogen-bond donors (Lipinski definition) is 1. The van der Waals surface area contributed by atoms with Crippen LogP contribution in [0.5, 0.6) is 5.88 Å². The Hall–Kier alpha value is -4.06. The van der Waals surface area contributed by atoms with Gasteiger partial charge in [-0.3, -0.25) is 14.6 Å². The predicted octanol–water partition coefficient (Wildman–Crippen LogP) is 4.04. The molecule has 0 aliphatic heterocycles. The predicted molar refractivity (Wildman–Crippen MR) is 113 cm³/mol. The van der Waals surface area contributed by atoms with Gasteiger partial charge in [0.25, 0.3) is 5.56 Å². The van der Waals surface area contributed by atoms with Crippen molar-refractivity contribution in [1.29, 1.82) is 0 Å². The molecule has 0 radical (unpaired) electrons. The maximum absolute atomic E-state index is 13.0. The molecule has 0 bridgehead atoms. The Morgan fingerprint density at radius 2 is 1.69 bits per heavy atom. The molecule has 1 N–H and O–H groups in total. The van der Waals surface area contributed by atoms with Gasteiger partial charge >= 0.3 is 0 Å². The Morgan fingerprint density at radius 3 is 2.34 bits per heavy atom. The number of fused-ring (bicyclic) bond motifs is 1. The van der Waals surface area contributed by atoms with Gasteiger partial charge in [0.1, 0.15) is 5.82 Å². The van der Waals surface area contributed by atoms with Gasteiger partial charge in [-0.2, -0.15) is 0 Å². The zero-order valence-electron chi connectivity index (χ0n) is 15.6. The van der Waals surface area contributed by atoms with Gasteiger partial charge in [-0.05, 0) is 49.4 Å². The van der Waals surface area contributed by atoms with Crippen molar-refractivity contribution in [3.05, 3.63) is 94.4 Å². The molecule has 4 rings (SSSR count). The third-order valence-electron chi connectivity index (χ3n) is 4.60. The number of benzene rings is 2. The van der Waals surface area contributed by atoms with E-state index in [1.54, 1.807) is 72.9 Å². The lowest BCUT2D eigenvalue weighted by Gasteiger charge is -2.12. The van der Waals surface area contributed by atoms with E-state index in [9.17, 15) is 14.7 Å². The van der Waals surface area contributed by atoms with Crippen LogP contribution in [0, 0.1) is 0 Å². The summed E-state index contributed by atoms with van der Waals surface area (Å²) in [6.45, 7) is 1.50. The summed E-state index contributed by atoms with van der Waals surface area (Å²) in [5.74, 6) is 0.0596. The summed E-state index contributed by atoms with van der Waals surface area (Å²) in [5, 5.41) is 11.9. The topological polar surface area (TPSA) is 84.5 Å². The maximum Gasteiger partial charge on any atom is 0.267 e. The van der Waals surface area contributed by atoms with Crippen LogP contribution in [0.2, 0.25) is 0 Å². The average Bonchev–Trinajstić information content (AvgIpc) is 2.75. The standard InChI is InChI=1S/C23H17N3O3/c1-15(27)16-9-11-17(12-10-16)25-14-20-18-6-2-3-7-19(18)22(28)26(23(20)29)21-8-4-5-13-24-21/h2-14,29H,1H3. The zero-order valence-corrected chi connectivity index (χ0v) is 15.6. The fourth-order valence-electron chi connectivity index (χ4n) is 3.11. The minimum atomic E-state index is -0.361. The van der Waals surface area contributed by atoms with Crippen LogP contribution in [0.3, 0.4) is 0 Å². The van der Waals surface area contributed by atoms with Gasteiger partial charge in [-0.1, -0.05) is 24.3 Å². The lowest BCUT2D eigenvalue weighted by Crippen LogP contribution is -2.20. The molecule has 0 saturated carbocycles. The summed E-state index contributed by atoms with van der Waals surface area (Å²) in [7, 11) is 0. The van der Waals surface area contributed by atoms with Crippen molar-refractivity contribution in [2.24, 2.45) is 4.99 Å². The summed E-state index contributed by atoms with van der Waals surface area (Å²) < 4.78 is 1.17. The number of carbonyl (C=O) groups excluding carboxylic acids is 1. The monoisotopic (exact) mass is 383 g/mol. The summed E-state index contributed by atoms with van der Waals surface area (Å²) in [6.07, 6.45) is 3.07. The molecule has 0 spiro atoms. The zero-order chi connectivity index (χ0) is 20.4. The van der Waals surface area contributed by atoms with Crippen molar-refractivity contribution in [1.82, 2.24) is 9.55 Å². The van der Waals surface area contributed by atoms with E-state index in [-0.39, 0.29) is 17.2 Å². The second-order valence-electron chi connectivity index (χ2n) is 6.47. The third-order valence-corrected chi connectivity index (χ3v) is 4.60. The molecule has 2 aromatic carbocycles. The Bertz CT molecular complexity index is 1290. The molecule has 0 aliphatic rings. The van der Waals surface area contributed by atoms with Gasteiger partial charge in [-0.25, -0.2) is 9.55 Å². The van der Waals surface area contributed by atoms with Crippen LogP contribution in [0.15, 0.2) is 82.7 Å². The van der Waals surface area contributed by atoms with Crippen LogP contribution >= 0.6 is 0 Å². The number of ketones is 1. The van der Waals surface area contributed by atoms with Crippen LogP contribution < -0.4 is 5.56 Å². The van der Waals surface area contributed by atoms with E-state index in [1.165, 1.54) is 17.7 Å². The molecule has 6 heteroatoms. The molecule has 142 valence electrons. The minimum absolute atomic E-state index is 0.0217. The fourth-order valence-corrected chi connectivity index (χ4v) is 3.11. The molecular weight excluding hydrogens is 366 g/mol. The van der Waals surface area contributed by atoms with E-state index in [2.05, 4.69) is 9.98 Å². The molecule has 4 aromatic rings. The smallest absolute Gasteiger partial charge is 0.267 e. The molecule has 0 atom stereocenters. The first kappa shape index (κ1) is 18.3. The van der Waals surface area contributed by atoms with Gasteiger partial charge in [0, 0.05) is 28.7 Å². The average molecular weight is 383 g/mol. The quantitative estimate of drug-likeness (QED) is 0.426. The van der Waals surface area contributed by atoms with Crippen LogP contribution in [-0.2, 0) is 0 Å².